The molecular formula is C10H13ClFNO. The molecule has 78 valence electrons. The molecule has 1 aromatic carbocycles. The first-order valence-corrected chi connectivity index (χ1v) is 4.71. The second-order valence-electron chi connectivity index (χ2n) is 3.02. The minimum Gasteiger partial charge on any atom is -0.493 e. The zero-order chi connectivity index (χ0) is 10.7. The number of nitrogens with two attached hydrogens (primary N) is 1. The van der Waals surface area contributed by atoms with Crippen LogP contribution >= 0.6 is 11.6 Å². The van der Waals surface area contributed by atoms with Crippen LogP contribution < -0.4 is 10.5 Å². The van der Waals surface area contributed by atoms with E-state index in [1.165, 1.54) is 13.2 Å². The summed E-state index contributed by atoms with van der Waals surface area (Å²) >= 11 is 5.85. The first-order valence-electron chi connectivity index (χ1n) is 4.33. The van der Waals surface area contributed by atoms with Crippen LogP contribution in [0.2, 0.25) is 5.02 Å². The zero-order valence-electron chi connectivity index (χ0n) is 8.23. The third kappa shape index (κ3) is 1.99. The van der Waals surface area contributed by atoms with Crippen LogP contribution in [0, 0.1) is 12.7 Å². The zero-order valence-corrected chi connectivity index (χ0v) is 8.99. The van der Waals surface area contributed by atoms with E-state index >= 15 is 0 Å². The van der Waals surface area contributed by atoms with Crippen molar-refractivity contribution in [3.8, 4) is 5.75 Å². The monoisotopic (exact) mass is 217 g/mol. The first-order chi connectivity index (χ1) is 6.61. The molecule has 0 amide bonds. The highest BCUT2D eigenvalue weighted by atomic mass is 35.5. The predicted octanol–water partition coefficient (Wildman–Crippen LogP) is 2.30. The molecule has 1 rings (SSSR count). The molecule has 0 heterocycles. The fourth-order valence-corrected chi connectivity index (χ4v) is 1.62. The molecule has 0 atom stereocenters. The maximum absolute atomic E-state index is 13.4. The van der Waals surface area contributed by atoms with Crippen molar-refractivity contribution in [2.75, 3.05) is 13.7 Å². The Bertz CT molecular complexity index is 341. The molecule has 0 saturated heterocycles. The average Bonchev–Trinajstić information content (AvgIpc) is 2.14. The summed E-state index contributed by atoms with van der Waals surface area (Å²) in [6.45, 7) is 2.27. The van der Waals surface area contributed by atoms with E-state index in [0.29, 0.717) is 18.0 Å². The summed E-state index contributed by atoms with van der Waals surface area (Å²) in [5.41, 5.74) is 7.01. The molecule has 0 aliphatic rings. The summed E-state index contributed by atoms with van der Waals surface area (Å²) in [5, 5.41) is 0.409. The van der Waals surface area contributed by atoms with Crippen molar-refractivity contribution >= 4 is 11.6 Å². The van der Waals surface area contributed by atoms with Gasteiger partial charge in [-0.1, -0.05) is 11.6 Å². The van der Waals surface area contributed by atoms with Crippen LogP contribution in [0.5, 0.6) is 5.75 Å². The lowest BCUT2D eigenvalue weighted by atomic mass is 10.0. The van der Waals surface area contributed by atoms with Crippen molar-refractivity contribution in [3.63, 3.8) is 0 Å². The van der Waals surface area contributed by atoms with Gasteiger partial charge >= 0.3 is 0 Å². The Kier molecular flexibility index (Phi) is 3.72. The Morgan fingerprint density at radius 3 is 2.71 bits per heavy atom. The largest absolute Gasteiger partial charge is 0.493 e. The van der Waals surface area contributed by atoms with Gasteiger partial charge in [0.1, 0.15) is 0 Å². The Morgan fingerprint density at radius 1 is 1.57 bits per heavy atom. The number of hydrogen-bond acceptors (Lipinski definition) is 2. The summed E-state index contributed by atoms with van der Waals surface area (Å²) in [6, 6.07) is 1.26. The van der Waals surface area contributed by atoms with Gasteiger partial charge < -0.3 is 10.5 Å². The van der Waals surface area contributed by atoms with Gasteiger partial charge in [0.25, 0.3) is 0 Å². The molecule has 2 N–H and O–H groups in total. The lowest BCUT2D eigenvalue weighted by Gasteiger charge is -2.13. The minimum atomic E-state index is -0.438. The third-order valence-electron chi connectivity index (χ3n) is 2.15. The van der Waals surface area contributed by atoms with Crippen LogP contribution in [0.1, 0.15) is 11.1 Å². The molecule has 0 saturated carbocycles. The van der Waals surface area contributed by atoms with Crippen LogP contribution in [0.3, 0.4) is 0 Å². The molecule has 14 heavy (non-hydrogen) atoms. The maximum Gasteiger partial charge on any atom is 0.166 e. The van der Waals surface area contributed by atoms with Gasteiger partial charge in [0.05, 0.1) is 7.11 Å². The molecular weight excluding hydrogens is 205 g/mol. The Morgan fingerprint density at radius 2 is 2.21 bits per heavy atom. The molecule has 0 aliphatic carbocycles. The molecule has 1 aromatic rings. The van der Waals surface area contributed by atoms with Gasteiger partial charge in [-0.2, -0.15) is 0 Å². The maximum atomic E-state index is 13.4. The molecule has 2 nitrogen and oxygen atoms in total. The predicted molar refractivity (Wildman–Crippen MR) is 55.5 cm³/mol. The summed E-state index contributed by atoms with van der Waals surface area (Å²) in [6.07, 6.45) is 0.562. The molecule has 0 aliphatic heterocycles. The van der Waals surface area contributed by atoms with E-state index in [0.717, 1.165) is 11.1 Å². The van der Waals surface area contributed by atoms with Crippen molar-refractivity contribution in [3.05, 3.63) is 28.0 Å². The molecule has 0 spiro atoms. The fraction of sp³-hybridized carbons (Fsp3) is 0.400. The Balaban J connectivity index is 3.32. The summed E-state index contributed by atoms with van der Waals surface area (Å²) in [5.74, 6) is -0.191. The second-order valence-corrected chi connectivity index (χ2v) is 3.42. The number of hydrogen-bond donors (Lipinski definition) is 1. The van der Waals surface area contributed by atoms with Gasteiger partial charge in [-0.05, 0) is 31.5 Å². The van der Waals surface area contributed by atoms with E-state index in [-0.39, 0.29) is 5.75 Å². The van der Waals surface area contributed by atoms with Crippen molar-refractivity contribution in [2.45, 2.75) is 13.3 Å². The molecule has 0 radical (unpaired) electrons. The number of rotatable bonds is 3. The molecule has 0 fully saturated rings. The highest BCUT2D eigenvalue weighted by Crippen LogP contribution is 2.31. The van der Waals surface area contributed by atoms with E-state index in [1.807, 2.05) is 6.92 Å². The van der Waals surface area contributed by atoms with Crippen molar-refractivity contribution < 1.29 is 9.13 Å². The normalized spacial score (nSPS) is 10.4. The second kappa shape index (κ2) is 4.62. The van der Waals surface area contributed by atoms with Gasteiger partial charge in [-0.3, -0.25) is 0 Å². The quantitative estimate of drug-likeness (QED) is 0.843. The third-order valence-corrected chi connectivity index (χ3v) is 2.55. The van der Waals surface area contributed by atoms with Gasteiger partial charge in [0.2, 0.25) is 0 Å². The van der Waals surface area contributed by atoms with Gasteiger partial charge in [0.15, 0.2) is 11.6 Å². The van der Waals surface area contributed by atoms with Gasteiger partial charge in [0, 0.05) is 10.6 Å². The molecule has 0 bridgehead atoms. The minimum absolute atomic E-state index is 0.248. The lowest BCUT2D eigenvalue weighted by molar-refractivity contribution is 0.381. The van der Waals surface area contributed by atoms with Gasteiger partial charge in [-0.25, -0.2) is 4.39 Å². The number of ether oxygens (including phenoxy) is 1. The highest BCUT2D eigenvalue weighted by molar-refractivity contribution is 6.31. The van der Waals surface area contributed by atoms with Crippen LogP contribution in [-0.4, -0.2) is 13.7 Å². The van der Waals surface area contributed by atoms with Crippen LogP contribution in [0.4, 0.5) is 4.39 Å². The fourth-order valence-electron chi connectivity index (χ4n) is 1.41. The van der Waals surface area contributed by atoms with Crippen molar-refractivity contribution in [1.82, 2.24) is 0 Å². The molecule has 0 aromatic heterocycles. The van der Waals surface area contributed by atoms with Crippen molar-refractivity contribution in [2.24, 2.45) is 5.73 Å². The smallest absolute Gasteiger partial charge is 0.166 e. The van der Waals surface area contributed by atoms with Gasteiger partial charge in [-0.15, -0.1) is 0 Å². The topological polar surface area (TPSA) is 35.2 Å². The Labute approximate surface area is 87.8 Å². The number of benzene rings is 1. The average molecular weight is 218 g/mol. The molecule has 0 unspecified atom stereocenters. The number of halogens is 2. The highest BCUT2D eigenvalue weighted by Gasteiger charge is 2.14. The van der Waals surface area contributed by atoms with E-state index in [2.05, 4.69) is 0 Å². The number of methoxy groups -OCH3 is 1. The van der Waals surface area contributed by atoms with Crippen LogP contribution in [0.15, 0.2) is 6.07 Å². The van der Waals surface area contributed by atoms with E-state index < -0.39 is 5.82 Å². The summed E-state index contributed by atoms with van der Waals surface area (Å²) in [4.78, 5) is 0. The van der Waals surface area contributed by atoms with Crippen molar-refractivity contribution in [1.29, 1.82) is 0 Å². The Hall–Kier alpha value is -0.800. The van der Waals surface area contributed by atoms with E-state index in [9.17, 15) is 4.39 Å². The first kappa shape index (κ1) is 11.3. The van der Waals surface area contributed by atoms with E-state index in [1.54, 1.807) is 0 Å². The van der Waals surface area contributed by atoms with Crippen LogP contribution in [-0.2, 0) is 6.42 Å². The summed E-state index contributed by atoms with van der Waals surface area (Å²) in [7, 11) is 1.44. The SMILES string of the molecule is COc1c(F)cc(Cl)c(C)c1CCN. The van der Waals surface area contributed by atoms with E-state index in [4.69, 9.17) is 22.1 Å². The summed E-state index contributed by atoms with van der Waals surface area (Å²) < 4.78 is 18.3. The standard InChI is InChI=1S/C10H13ClFNO/c1-6-7(3-4-13)10(14-2)9(12)5-8(6)11/h5H,3-4,13H2,1-2H3. The van der Waals surface area contributed by atoms with Crippen LogP contribution in [0.25, 0.3) is 0 Å². The lowest BCUT2D eigenvalue weighted by Crippen LogP contribution is -2.07. The molecule has 4 heteroatoms.